The molecule has 1 fully saturated rings. The van der Waals surface area contributed by atoms with E-state index < -0.39 is 0 Å². The van der Waals surface area contributed by atoms with Crippen molar-refractivity contribution in [2.75, 3.05) is 45.6 Å². The van der Waals surface area contributed by atoms with Crippen LogP contribution in [0.1, 0.15) is 0 Å². The van der Waals surface area contributed by atoms with E-state index in [0.29, 0.717) is 0 Å². The van der Waals surface area contributed by atoms with Gasteiger partial charge in [0.2, 0.25) is 0 Å². The summed E-state index contributed by atoms with van der Waals surface area (Å²) >= 11 is 0. The molecular formula is C14H22N4O. The molecule has 5 heteroatoms. The first-order chi connectivity index (χ1) is 9.20. The second-order valence-electron chi connectivity index (χ2n) is 4.96. The van der Waals surface area contributed by atoms with E-state index in [-0.39, 0.29) is 12.1 Å². The first kappa shape index (κ1) is 13.8. The third-order valence-corrected chi connectivity index (χ3v) is 3.41. The molecule has 1 saturated heterocycles. The standard InChI is InChI=1S/C14H22N4O/c1-15-10-13-11-17(2)8-9-18(13)14(19)16-12-6-4-3-5-7-12/h3-7,13,15H,8-11H2,1-2H3,(H,16,19). The summed E-state index contributed by atoms with van der Waals surface area (Å²) in [7, 11) is 4.01. The molecule has 5 nitrogen and oxygen atoms in total. The van der Waals surface area contributed by atoms with Gasteiger partial charge >= 0.3 is 6.03 Å². The highest BCUT2D eigenvalue weighted by Gasteiger charge is 2.28. The lowest BCUT2D eigenvalue weighted by molar-refractivity contribution is 0.116. The van der Waals surface area contributed by atoms with E-state index in [4.69, 9.17) is 0 Å². The SMILES string of the molecule is CNCC1CN(C)CCN1C(=O)Nc1ccccc1. The summed E-state index contributed by atoms with van der Waals surface area (Å²) in [6.45, 7) is 3.40. The molecule has 0 saturated carbocycles. The lowest BCUT2D eigenvalue weighted by Crippen LogP contribution is -2.58. The molecule has 1 unspecified atom stereocenters. The number of rotatable bonds is 3. The molecule has 2 amide bonds. The van der Waals surface area contributed by atoms with Gasteiger partial charge in [-0.25, -0.2) is 4.79 Å². The molecule has 1 aliphatic rings. The molecule has 19 heavy (non-hydrogen) atoms. The smallest absolute Gasteiger partial charge is 0.318 e. The monoisotopic (exact) mass is 262 g/mol. The number of para-hydroxylation sites is 1. The van der Waals surface area contributed by atoms with Gasteiger partial charge in [-0.05, 0) is 26.2 Å². The number of piperazine rings is 1. The lowest BCUT2D eigenvalue weighted by atomic mass is 10.2. The zero-order valence-corrected chi connectivity index (χ0v) is 11.6. The molecule has 104 valence electrons. The van der Waals surface area contributed by atoms with Gasteiger partial charge in [-0.15, -0.1) is 0 Å². The van der Waals surface area contributed by atoms with E-state index in [9.17, 15) is 4.79 Å². The Balaban J connectivity index is 2.00. The summed E-state index contributed by atoms with van der Waals surface area (Å²) in [5, 5.41) is 6.11. The Morgan fingerprint density at radius 3 is 2.74 bits per heavy atom. The fraction of sp³-hybridized carbons (Fsp3) is 0.500. The van der Waals surface area contributed by atoms with E-state index in [1.165, 1.54) is 0 Å². The fourth-order valence-electron chi connectivity index (χ4n) is 2.41. The predicted molar refractivity (Wildman–Crippen MR) is 77.4 cm³/mol. The molecule has 0 spiro atoms. The molecule has 0 bridgehead atoms. The predicted octanol–water partition coefficient (Wildman–Crippen LogP) is 1.05. The maximum absolute atomic E-state index is 12.3. The van der Waals surface area contributed by atoms with Crippen molar-refractivity contribution in [3.63, 3.8) is 0 Å². The maximum atomic E-state index is 12.3. The average molecular weight is 262 g/mol. The maximum Gasteiger partial charge on any atom is 0.322 e. The number of amides is 2. The number of nitrogens with zero attached hydrogens (tertiary/aromatic N) is 2. The van der Waals surface area contributed by atoms with E-state index >= 15 is 0 Å². The summed E-state index contributed by atoms with van der Waals surface area (Å²) < 4.78 is 0. The van der Waals surface area contributed by atoms with Crippen molar-refractivity contribution < 1.29 is 4.79 Å². The van der Waals surface area contributed by atoms with E-state index in [0.717, 1.165) is 31.9 Å². The van der Waals surface area contributed by atoms with Gasteiger partial charge in [0, 0.05) is 31.9 Å². The van der Waals surface area contributed by atoms with Crippen LogP contribution in [0, 0.1) is 0 Å². The largest absolute Gasteiger partial charge is 0.322 e. The van der Waals surface area contributed by atoms with Crippen LogP contribution in [0.25, 0.3) is 0 Å². The number of hydrogen-bond donors (Lipinski definition) is 2. The van der Waals surface area contributed by atoms with Crippen LogP contribution in [-0.2, 0) is 0 Å². The number of likely N-dealkylation sites (N-methyl/N-ethyl adjacent to an activating group) is 2. The first-order valence-electron chi connectivity index (χ1n) is 6.66. The molecule has 1 aromatic rings. The normalized spacial score (nSPS) is 20.3. The van der Waals surface area contributed by atoms with Gasteiger partial charge in [-0.3, -0.25) is 0 Å². The van der Waals surface area contributed by atoms with Crippen molar-refractivity contribution in [2.24, 2.45) is 0 Å². The minimum atomic E-state index is -0.0143. The van der Waals surface area contributed by atoms with Crippen molar-refractivity contribution in [3.05, 3.63) is 30.3 Å². The van der Waals surface area contributed by atoms with Crippen molar-refractivity contribution >= 4 is 11.7 Å². The molecule has 0 aliphatic carbocycles. The summed E-state index contributed by atoms with van der Waals surface area (Å²) in [6, 6.07) is 9.79. The summed E-state index contributed by atoms with van der Waals surface area (Å²) in [4.78, 5) is 16.5. The van der Waals surface area contributed by atoms with Crippen molar-refractivity contribution in [3.8, 4) is 0 Å². The molecule has 1 heterocycles. The van der Waals surface area contributed by atoms with E-state index in [1.54, 1.807) is 0 Å². The Labute approximate surface area is 114 Å². The highest BCUT2D eigenvalue weighted by molar-refractivity contribution is 5.89. The molecule has 1 aliphatic heterocycles. The molecule has 1 aromatic carbocycles. The van der Waals surface area contributed by atoms with Gasteiger partial charge < -0.3 is 20.4 Å². The Bertz CT molecular complexity index is 409. The number of anilines is 1. The van der Waals surface area contributed by atoms with Gasteiger partial charge in [-0.1, -0.05) is 18.2 Å². The van der Waals surface area contributed by atoms with Crippen molar-refractivity contribution in [1.82, 2.24) is 15.1 Å². The molecule has 0 aromatic heterocycles. The zero-order chi connectivity index (χ0) is 13.7. The molecule has 2 N–H and O–H groups in total. The zero-order valence-electron chi connectivity index (χ0n) is 11.6. The van der Waals surface area contributed by atoms with E-state index in [1.807, 2.05) is 42.3 Å². The molecule has 0 radical (unpaired) electrons. The minimum Gasteiger partial charge on any atom is -0.318 e. The van der Waals surface area contributed by atoms with Crippen LogP contribution >= 0.6 is 0 Å². The van der Waals surface area contributed by atoms with Gasteiger partial charge in [0.15, 0.2) is 0 Å². The highest BCUT2D eigenvalue weighted by atomic mass is 16.2. The number of benzene rings is 1. The fourth-order valence-corrected chi connectivity index (χ4v) is 2.41. The Kier molecular flexibility index (Phi) is 4.76. The van der Waals surface area contributed by atoms with Gasteiger partial charge in [0.1, 0.15) is 0 Å². The minimum absolute atomic E-state index is 0.0143. The van der Waals surface area contributed by atoms with Gasteiger partial charge in [-0.2, -0.15) is 0 Å². The third kappa shape index (κ3) is 3.68. The van der Waals surface area contributed by atoms with Crippen LogP contribution < -0.4 is 10.6 Å². The van der Waals surface area contributed by atoms with Crippen LogP contribution in [0.2, 0.25) is 0 Å². The van der Waals surface area contributed by atoms with Crippen LogP contribution in [0.15, 0.2) is 30.3 Å². The van der Waals surface area contributed by atoms with Crippen LogP contribution in [-0.4, -0.2) is 62.1 Å². The Morgan fingerprint density at radius 2 is 2.05 bits per heavy atom. The molecule has 1 atom stereocenters. The topological polar surface area (TPSA) is 47.6 Å². The van der Waals surface area contributed by atoms with Gasteiger partial charge in [0.05, 0.1) is 6.04 Å². The summed E-state index contributed by atoms with van der Waals surface area (Å²) in [5.74, 6) is 0. The third-order valence-electron chi connectivity index (χ3n) is 3.41. The lowest BCUT2D eigenvalue weighted by Gasteiger charge is -2.39. The Morgan fingerprint density at radius 1 is 1.32 bits per heavy atom. The van der Waals surface area contributed by atoms with Gasteiger partial charge in [0.25, 0.3) is 0 Å². The number of carbonyl (C=O) groups is 1. The van der Waals surface area contributed by atoms with Crippen molar-refractivity contribution in [2.45, 2.75) is 6.04 Å². The average Bonchev–Trinajstić information content (AvgIpc) is 2.40. The number of nitrogens with one attached hydrogen (secondary N) is 2. The molecular weight excluding hydrogens is 240 g/mol. The first-order valence-corrected chi connectivity index (χ1v) is 6.66. The number of carbonyl (C=O) groups excluding carboxylic acids is 1. The van der Waals surface area contributed by atoms with E-state index in [2.05, 4.69) is 22.6 Å². The second-order valence-corrected chi connectivity index (χ2v) is 4.96. The summed E-state index contributed by atoms with van der Waals surface area (Å²) in [6.07, 6.45) is 0. The quantitative estimate of drug-likeness (QED) is 0.856. The molecule has 2 rings (SSSR count). The van der Waals surface area contributed by atoms with Crippen LogP contribution in [0.5, 0.6) is 0 Å². The Hall–Kier alpha value is -1.59. The second kappa shape index (κ2) is 6.54. The summed E-state index contributed by atoms with van der Waals surface area (Å²) in [5.41, 5.74) is 0.842. The number of hydrogen-bond acceptors (Lipinski definition) is 3. The van der Waals surface area contributed by atoms with Crippen LogP contribution in [0.4, 0.5) is 10.5 Å². The van der Waals surface area contributed by atoms with Crippen molar-refractivity contribution in [1.29, 1.82) is 0 Å². The highest BCUT2D eigenvalue weighted by Crippen LogP contribution is 2.12. The number of urea groups is 1. The van der Waals surface area contributed by atoms with Crippen LogP contribution in [0.3, 0.4) is 0 Å².